The summed E-state index contributed by atoms with van der Waals surface area (Å²) in [6.07, 6.45) is 4.28. The summed E-state index contributed by atoms with van der Waals surface area (Å²) in [5.74, 6) is 2.14. The van der Waals surface area contributed by atoms with Gasteiger partial charge >= 0.3 is 0 Å². The number of likely N-dealkylation sites (tertiary alicyclic amines) is 1. The fraction of sp³-hybridized carbons (Fsp3) is 0.545. The number of anilines is 1. The Hall–Kier alpha value is -2.02. The Balaban J connectivity index is 1.35. The molecule has 0 radical (unpaired) electrons. The van der Waals surface area contributed by atoms with Crippen LogP contribution in [0.3, 0.4) is 0 Å². The summed E-state index contributed by atoms with van der Waals surface area (Å²) < 4.78 is 5.27. The van der Waals surface area contributed by atoms with Crippen LogP contribution in [0.4, 0.5) is 5.82 Å². The molecule has 150 valence electrons. The monoisotopic (exact) mass is 381 g/mol. The molecule has 1 aliphatic heterocycles. The number of ether oxygens (including phenoxy) is 1. The topological polar surface area (TPSA) is 76.3 Å². The molecule has 2 heterocycles. The van der Waals surface area contributed by atoms with Crippen molar-refractivity contribution in [2.24, 2.45) is 5.73 Å². The molecule has 2 aromatic rings. The van der Waals surface area contributed by atoms with Crippen LogP contribution in [0.2, 0.25) is 0 Å². The number of rotatable bonds is 7. The van der Waals surface area contributed by atoms with Gasteiger partial charge in [-0.05, 0) is 31.2 Å². The first-order valence-electron chi connectivity index (χ1n) is 10.3. The maximum Gasteiger partial charge on any atom is 0.156 e. The molecule has 6 nitrogen and oxygen atoms in total. The number of benzene rings is 1. The molecule has 1 aromatic heterocycles. The fourth-order valence-electron chi connectivity index (χ4n) is 4.18. The van der Waals surface area contributed by atoms with Gasteiger partial charge in [0.1, 0.15) is 12.4 Å². The van der Waals surface area contributed by atoms with Crippen LogP contribution in [-0.2, 0) is 17.9 Å². The normalized spacial score (nSPS) is 23.4. The van der Waals surface area contributed by atoms with Gasteiger partial charge in [0.25, 0.3) is 0 Å². The van der Waals surface area contributed by atoms with Gasteiger partial charge in [-0.2, -0.15) is 0 Å². The molecule has 0 unspecified atom stereocenters. The fourth-order valence-corrected chi connectivity index (χ4v) is 4.18. The maximum atomic E-state index is 5.97. The Kier molecular flexibility index (Phi) is 6.20. The zero-order valence-corrected chi connectivity index (χ0v) is 16.7. The van der Waals surface area contributed by atoms with Crippen molar-refractivity contribution in [3.8, 4) is 0 Å². The number of aromatic nitrogens is 2. The Labute approximate surface area is 167 Å². The van der Waals surface area contributed by atoms with E-state index in [1.807, 2.05) is 0 Å². The van der Waals surface area contributed by atoms with Gasteiger partial charge in [-0.3, -0.25) is 4.90 Å². The highest BCUT2D eigenvalue weighted by molar-refractivity contribution is 5.39. The minimum absolute atomic E-state index is 0.316. The second kappa shape index (κ2) is 8.99. The number of nitrogens with zero attached hydrogens (tertiary/aromatic N) is 3. The smallest absolute Gasteiger partial charge is 0.156 e. The Bertz CT molecular complexity index is 755. The molecular weight excluding hydrogens is 350 g/mol. The summed E-state index contributed by atoms with van der Waals surface area (Å²) in [6, 6.07) is 13.6. The lowest BCUT2D eigenvalue weighted by molar-refractivity contribution is 0.177. The summed E-state index contributed by atoms with van der Waals surface area (Å²) in [7, 11) is 1.69. The predicted molar refractivity (Wildman–Crippen MR) is 111 cm³/mol. The molecule has 1 saturated heterocycles. The lowest BCUT2D eigenvalue weighted by Gasteiger charge is -2.34. The highest BCUT2D eigenvalue weighted by Gasteiger charge is 2.29. The van der Waals surface area contributed by atoms with Gasteiger partial charge in [0.15, 0.2) is 5.82 Å². The van der Waals surface area contributed by atoms with Crippen LogP contribution < -0.4 is 11.1 Å². The van der Waals surface area contributed by atoms with E-state index in [1.54, 1.807) is 7.11 Å². The minimum Gasteiger partial charge on any atom is -0.377 e. The molecule has 3 N–H and O–H groups in total. The first kappa shape index (κ1) is 19.3. The quantitative estimate of drug-likeness (QED) is 0.768. The SMILES string of the molecule is COCc1nc(NC2CCN(Cc3ccccc3)CC2)cc(C2CC(N)C2)n1. The van der Waals surface area contributed by atoms with Crippen molar-refractivity contribution in [2.45, 2.75) is 56.8 Å². The maximum absolute atomic E-state index is 5.97. The summed E-state index contributed by atoms with van der Waals surface area (Å²) in [5, 5.41) is 3.65. The third-order valence-electron chi connectivity index (χ3n) is 5.85. The van der Waals surface area contributed by atoms with Crippen molar-refractivity contribution >= 4 is 5.82 Å². The van der Waals surface area contributed by atoms with Crippen molar-refractivity contribution in [2.75, 3.05) is 25.5 Å². The molecule has 0 spiro atoms. The van der Waals surface area contributed by atoms with Crippen LogP contribution in [0, 0.1) is 0 Å². The standard InChI is InChI=1S/C22H31N5O/c1-28-15-22-25-20(17-11-18(23)12-17)13-21(26-22)24-19-7-9-27(10-8-19)14-16-5-3-2-4-6-16/h2-6,13,17-19H,7-12,14-15,23H2,1H3,(H,24,25,26). The molecule has 0 amide bonds. The Morgan fingerprint density at radius 3 is 2.57 bits per heavy atom. The van der Waals surface area contributed by atoms with Gasteiger partial charge in [0, 0.05) is 56.5 Å². The number of hydrogen-bond donors (Lipinski definition) is 2. The van der Waals surface area contributed by atoms with Crippen LogP contribution in [0.5, 0.6) is 0 Å². The predicted octanol–water partition coefficient (Wildman–Crippen LogP) is 2.90. The van der Waals surface area contributed by atoms with Crippen LogP contribution >= 0.6 is 0 Å². The van der Waals surface area contributed by atoms with Gasteiger partial charge in [0.2, 0.25) is 0 Å². The summed E-state index contributed by atoms with van der Waals surface area (Å²) >= 11 is 0. The summed E-state index contributed by atoms with van der Waals surface area (Å²) in [6.45, 7) is 3.68. The van der Waals surface area contributed by atoms with Crippen molar-refractivity contribution in [3.05, 3.63) is 53.5 Å². The van der Waals surface area contributed by atoms with E-state index in [9.17, 15) is 0 Å². The Morgan fingerprint density at radius 1 is 1.14 bits per heavy atom. The minimum atomic E-state index is 0.316. The third kappa shape index (κ3) is 4.87. The average molecular weight is 382 g/mol. The van der Waals surface area contributed by atoms with E-state index < -0.39 is 0 Å². The molecule has 1 aromatic carbocycles. The van der Waals surface area contributed by atoms with E-state index in [-0.39, 0.29) is 0 Å². The van der Waals surface area contributed by atoms with E-state index in [1.165, 1.54) is 5.56 Å². The summed E-state index contributed by atoms with van der Waals surface area (Å²) in [4.78, 5) is 11.9. The first-order chi connectivity index (χ1) is 13.7. The van der Waals surface area contributed by atoms with Crippen LogP contribution in [0.25, 0.3) is 0 Å². The number of nitrogens with one attached hydrogen (secondary N) is 1. The highest BCUT2D eigenvalue weighted by atomic mass is 16.5. The van der Waals surface area contributed by atoms with Gasteiger partial charge in [-0.25, -0.2) is 9.97 Å². The molecule has 1 aliphatic carbocycles. The van der Waals surface area contributed by atoms with Gasteiger partial charge in [-0.15, -0.1) is 0 Å². The third-order valence-corrected chi connectivity index (χ3v) is 5.85. The van der Waals surface area contributed by atoms with Gasteiger partial charge in [0.05, 0.1) is 0 Å². The van der Waals surface area contributed by atoms with E-state index in [0.717, 1.165) is 62.7 Å². The highest BCUT2D eigenvalue weighted by Crippen LogP contribution is 2.35. The molecule has 28 heavy (non-hydrogen) atoms. The van der Waals surface area contributed by atoms with Gasteiger partial charge < -0.3 is 15.8 Å². The number of hydrogen-bond acceptors (Lipinski definition) is 6. The average Bonchev–Trinajstić information content (AvgIpc) is 2.68. The lowest BCUT2D eigenvalue weighted by atomic mass is 9.78. The molecule has 0 bridgehead atoms. The van der Waals surface area contributed by atoms with E-state index in [2.05, 4.69) is 51.6 Å². The zero-order chi connectivity index (χ0) is 19.3. The molecular formula is C22H31N5O. The van der Waals surface area contributed by atoms with Crippen LogP contribution in [-0.4, -0.2) is 47.2 Å². The molecule has 1 saturated carbocycles. The zero-order valence-electron chi connectivity index (χ0n) is 16.7. The number of piperidine rings is 1. The van der Waals surface area contributed by atoms with E-state index in [4.69, 9.17) is 15.5 Å². The number of nitrogens with two attached hydrogens (primary N) is 1. The number of methoxy groups -OCH3 is 1. The lowest BCUT2D eigenvalue weighted by Crippen LogP contribution is -2.39. The van der Waals surface area contributed by atoms with Gasteiger partial charge in [-0.1, -0.05) is 30.3 Å². The van der Waals surface area contributed by atoms with E-state index >= 15 is 0 Å². The molecule has 2 fully saturated rings. The second-order valence-electron chi connectivity index (χ2n) is 8.14. The molecule has 2 aliphatic rings. The second-order valence-corrected chi connectivity index (χ2v) is 8.14. The summed E-state index contributed by atoms with van der Waals surface area (Å²) in [5.41, 5.74) is 8.46. The van der Waals surface area contributed by atoms with Crippen LogP contribution in [0.15, 0.2) is 36.4 Å². The largest absolute Gasteiger partial charge is 0.377 e. The molecule has 4 rings (SSSR count). The van der Waals surface area contributed by atoms with E-state index in [0.29, 0.717) is 24.6 Å². The molecule has 6 heteroatoms. The molecule has 0 atom stereocenters. The first-order valence-corrected chi connectivity index (χ1v) is 10.3. The van der Waals surface area contributed by atoms with Crippen LogP contribution in [0.1, 0.15) is 48.7 Å². The van der Waals surface area contributed by atoms with Crippen molar-refractivity contribution in [1.82, 2.24) is 14.9 Å². The van der Waals surface area contributed by atoms with Crippen molar-refractivity contribution < 1.29 is 4.74 Å². The van der Waals surface area contributed by atoms with Crippen molar-refractivity contribution in [3.63, 3.8) is 0 Å². The van der Waals surface area contributed by atoms with Crippen molar-refractivity contribution in [1.29, 1.82) is 0 Å². The Morgan fingerprint density at radius 2 is 1.89 bits per heavy atom.